The van der Waals surface area contributed by atoms with Crippen molar-refractivity contribution in [1.29, 1.82) is 0 Å². The lowest BCUT2D eigenvalue weighted by Crippen LogP contribution is -2.19. The molecular formula is C13H12ClN3OS. The highest BCUT2D eigenvalue weighted by molar-refractivity contribution is 7.98. The normalized spacial score (nSPS) is 10.0. The molecule has 0 spiro atoms. The van der Waals surface area contributed by atoms with Crippen LogP contribution in [0.3, 0.4) is 0 Å². The minimum atomic E-state index is -0.316. The van der Waals surface area contributed by atoms with Crippen molar-refractivity contribution < 1.29 is 4.79 Å². The highest BCUT2D eigenvalue weighted by Crippen LogP contribution is 2.24. The largest absolute Gasteiger partial charge is 0.323 e. The Morgan fingerprint density at radius 3 is 2.79 bits per heavy atom. The molecule has 0 saturated heterocycles. The van der Waals surface area contributed by atoms with E-state index in [0.717, 1.165) is 10.6 Å². The molecule has 0 fully saturated rings. The van der Waals surface area contributed by atoms with E-state index in [2.05, 4.69) is 15.6 Å². The molecule has 0 atom stereocenters. The first-order valence-corrected chi connectivity index (χ1v) is 7.12. The van der Waals surface area contributed by atoms with Gasteiger partial charge in [0.1, 0.15) is 5.15 Å². The van der Waals surface area contributed by atoms with Gasteiger partial charge in [-0.3, -0.25) is 0 Å². The zero-order valence-corrected chi connectivity index (χ0v) is 11.8. The van der Waals surface area contributed by atoms with E-state index < -0.39 is 0 Å². The summed E-state index contributed by atoms with van der Waals surface area (Å²) in [5, 5.41) is 5.83. The van der Waals surface area contributed by atoms with E-state index in [-0.39, 0.29) is 6.03 Å². The van der Waals surface area contributed by atoms with Crippen molar-refractivity contribution in [2.45, 2.75) is 4.90 Å². The van der Waals surface area contributed by atoms with E-state index in [0.29, 0.717) is 10.8 Å². The fourth-order valence-corrected chi connectivity index (χ4v) is 2.24. The third-order valence-electron chi connectivity index (χ3n) is 2.34. The van der Waals surface area contributed by atoms with Gasteiger partial charge in [0.05, 0.1) is 5.69 Å². The van der Waals surface area contributed by atoms with Crippen LogP contribution >= 0.6 is 23.4 Å². The summed E-state index contributed by atoms with van der Waals surface area (Å²) >= 11 is 7.32. The van der Waals surface area contributed by atoms with Crippen molar-refractivity contribution in [2.24, 2.45) is 0 Å². The van der Waals surface area contributed by atoms with E-state index in [9.17, 15) is 4.79 Å². The molecule has 2 N–H and O–H groups in total. The molecule has 0 unspecified atom stereocenters. The number of halogens is 1. The second kappa shape index (κ2) is 6.45. The summed E-state index contributed by atoms with van der Waals surface area (Å²) < 4.78 is 0. The Morgan fingerprint density at radius 2 is 2.05 bits per heavy atom. The van der Waals surface area contributed by atoms with Crippen molar-refractivity contribution in [3.8, 4) is 0 Å². The number of hydrogen-bond acceptors (Lipinski definition) is 3. The third kappa shape index (κ3) is 3.87. The van der Waals surface area contributed by atoms with Crippen LogP contribution in [0.25, 0.3) is 0 Å². The summed E-state index contributed by atoms with van der Waals surface area (Å²) in [6.45, 7) is 0. The lowest BCUT2D eigenvalue weighted by Gasteiger charge is -2.10. The molecule has 1 aromatic heterocycles. The van der Waals surface area contributed by atoms with Crippen LogP contribution in [-0.2, 0) is 0 Å². The van der Waals surface area contributed by atoms with Gasteiger partial charge in [0.2, 0.25) is 0 Å². The molecule has 98 valence electrons. The summed E-state index contributed by atoms with van der Waals surface area (Å²) in [7, 11) is 0. The number of anilines is 2. The van der Waals surface area contributed by atoms with Gasteiger partial charge in [0, 0.05) is 16.8 Å². The molecule has 19 heavy (non-hydrogen) atoms. The van der Waals surface area contributed by atoms with E-state index in [1.54, 1.807) is 23.9 Å². The number of pyridine rings is 1. The highest BCUT2D eigenvalue weighted by Gasteiger charge is 2.06. The molecule has 4 nitrogen and oxygen atoms in total. The number of nitrogens with one attached hydrogen (secondary N) is 2. The van der Waals surface area contributed by atoms with Gasteiger partial charge in [-0.05, 0) is 30.5 Å². The minimum absolute atomic E-state index is 0.316. The molecule has 2 rings (SSSR count). The van der Waals surface area contributed by atoms with Crippen LogP contribution in [0.15, 0.2) is 47.5 Å². The van der Waals surface area contributed by atoms with Crippen LogP contribution in [0, 0.1) is 0 Å². The van der Waals surface area contributed by atoms with Crippen LogP contribution in [0.2, 0.25) is 5.15 Å². The fourth-order valence-electron chi connectivity index (χ4n) is 1.51. The van der Waals surface area contributed by atoms with Crippen LogP contribution in [-0.4, -0.2) is 17.3 Å². The SMILES string of the molecule is CSc1ccccc1NC(=O)Nc1ccnc(Cl)c1. The first-order chi connectivity index (χ1) is 9.19. The maximum Gasteiger partial charge on any atom is 0.323 e. The monoisotopic (exact) mass is 293 g/mol. The molecule has 0 radical (unpaired) electrons. The molecule has 0 aliphatic heterocycles. The molecule has 1 aromatic carbocycles. The van der Waals surface area contributed by atoms with Gasteiger partial charge in [-0.25, -0.2) is 9.78 Å². The average molecular weight is 294 g/mol. The predicted octanol–water partition coefficient (Wildman–Crippen LogP) is 4.10. The smallest absolute Gasteiger partial charge is 0.308 e. The van der Waals surface area contributed by atoms with Gasteiger partial charge in [-0.15, -0.1) is 11.8 Å². The van der Waals surface area contributed by atoms with Crippen molar-refractivity contribution in [3.05, 3.63) is 47.7 Å². The molecule has 0 aliphatic rings. The second-order valence-electron chi connectivity index (χ2n) is 3.65. The molecule has 2 amide bonds. The van der Waals surface area contributed by atoms with E-state index in [4.69, 9.17) is 11.6 Å². The number of amides is 2. The molecule has 2 aromatic rings. The molecule has 0 bridgehead atoms. The summed E-state index contributed by atoms with van der Waals surface area (Å²) in [5.41, 5.74) is 1.37. The summed E-state index contributed by atoms with van der Waals surface area (Å²) in [6, 6.07) is 10.5. The molecule has 0 aliphatic carbocycles. The lowest BCUT2D eigenvalue weighted by molar-refractivity contribution is 0.262. The Bertz CT molecular complexity index is 592. The number of thioether (sulfide) groups is 1. The van der Waals surface area contributed by atoms with Crippen LogP contribution < -0.4 is 10.6 Å². The van der Waals surface area contributed by atoms with Crippen molar-refractivity contribution >= 4 is 40.8 Å². The summed E-state index contributed by atoms with van der Waals surface area (Å²) in [5.74, 6) is 0. The molecule has 1 heterocycles. The van der Waals surface area contributed by atoms with Gasteiger partial charge >= 0.3 is 6.03 Å². The zero-order valence-electron chi connectivity index (χ0n) is 10.2. The summed E-state index contributed by atoms with van der Waals surface area (Å²) in [4.78, 5) is 16.7. The topological polar surface area (TPSA) is 54.0 Å². The maximum absolute atomic E-state index is 11.9. The number of carbonyl (C=O) groups is 1. The quantitative estimate of drug-likeness (QED) is 0.662. The standard InChI is InChI=1S/C13H12ClN3OS/c1-19-11-5-3-2-4-10(11)17-13(18)16-9-6-7-15-12(14)8-9/h2-8H,1H3,(H2,15,16,17,18). The molecule has 0 saturated carbocycles. The first kappa shape index (κ1) is 13.7. The van der Waals surface area contributed by atoms with Gasteiger partial charge in [-0.1, -0.05) is 23.7 Å². The number of carbonyl (C=O) groups excluding carboxylic acids is 1. The number of urea groups is 1. The third-order valence-corrected chi connectivity index (χ3v) is 3.34. The van der Waals surface area contributed by atoms with Crippen LogP contribution in [0.4, 0.5) is 16.2 Å². The maximum atomic E-state index is 11.9. The number of para-hydroxylation sites is 1. The van der Waals surface area contributed by atoms with Crippen molar-refractivity contribution in [2.75, 3.05) is 16.9 Å². The number of benzene rings is 1. The number of hydrogen-bond donors (Lipinski definition) is 2. The molecular weight excluding hydrogens is 282 g/mol. The van der Waals surface area contributed by atoms with Crippen LogP contribution in [0.5, 0.6) is 0 Å². The number of aromatic nitrogens is 1. The van der Waals surface area contributed by atoms with E-state index >= 15 is 0 Å². The van der Waals surface area contributed by atoms with Crippen LogP contribution in [0.1, 0.15) is 0 Å². The zero-order chi connectivity index (χ0) is 13.7. The van der Waals surface area contributed by atoms with E-state index in [1.165, 1.54) is 6.20 Å². The number of rotatable bonds is 3. The Morgan fingerprint density at radius 1 is 1.26 bits per heavy atom. The van der Waals surface area contributed by atoms with Gasteiger partial charge in [-0.2, -0.15) is 0 Å². The van der Waals surface area contributed by atoms with Crippen molar-refractivity contribution in [3.63, 3.8) is 0 Å². The van der Waals surface area contributed by atoms with Gasteiger partial charge in [0.25, 0.3) is 0 Å². The average Bonchev–Trinajstić information content (AvgIpc) is 2.39. The minimum Gasteiger partial charge on any atom is -0.308 e. The van der Waals surface area contributed by atoms with Gasteiger partial charge in [0.15, 0.2) is 0 Å². The Labute approximate surface area is 120 Å². The Hall–Kier alpha value is -1.72. The Balaban J connectivity index is 2.05. The van der Waals surface area contributed by atoms with Gasteiger partial charge < -0.3 is 10.6 Å². The highest BCUT2D eigenvalue weighted by atomic mass is 35.5. The lowest BCUT2D eigenvalue weighted by atomic mass is 10.3. The summed E-state index contributed by atoms with van der Waals surface area (Å²) in [6.07, 6.45) is 3.49. The number of nitrogens with zero attached hydrogens (tertiary/aromatic N) is 1. The molecule has 6 heteroatoms. The fraction of sp³-hybridized carbons (Fsp3) is 0.0769. The first-order valence-electron chi connectivity index (χ1n) is 5.51. The second-order valence-corrected chi connectivity index (χ2v) is 4.88. The Kier molecular flexibility index (Phi) is 4.65. The van der Waals surface area contributed by atoms with Crippen molar-refractivity contribution in [1.82, 2.24) is 4.98 Å². The predicted molar refractivity (Wildman–Crippen MR) is 80.1 cm³/mol. The van der Waals surface area contributed by atoms with E-state index in [1.807, 2.05) is 30.5 Å².